The Hall–Kier alpha value is -0.710. The largest absolute Gasteiger partial charge is 0.468 e. The van der Waals surface area contributed by atoms with Crippen LogP contribution in [0, 0.1) is 0 Å². The van der Waals surface area contributed by atoms with Crippen LogP contribution >= 0.6 is 27.7 Å². The van der Waals surface area contributed by atoms with Gasteiger partial charge >= 0.3 is 0 Å². The zero-order valence-electron chi connectivity index (χ0n) is 10.9. The maximum absolute atomic E-state index is 6.06. The number of rotatable bonds is 6. The van der Waals surface area contributed by atoms with Gasteiger partial charge < -0.3 is 10.2 Å². The lowest BCUT2D eigenvalue weighted by atomic mass is 10.1. The molecule has 4 heteroatoms. The van der Waals surface area contributed by atoms with Crippen LogP contribution in [0.2, 0.25) is 0 Å². The molecule has 0 aliphatic rings. The molecule has 0 bridgehead atoms. The third-order valence-corrected chi connectivity index (χ3v) is 4.60. The maximum Gasteiger partial charge on any atom is 0.113 e. The Bertz CT molecular complexity index is 513. The smallest absolute Gasteiger partial charge is 0.113 e. The van der Waals surface area contributed by atoms with Crippen molar-refractivity contribution in [2.75, 3.05) is 0 Å². The fourth-order valence-corrected chi connectivity index (χ4v) is 3.32. The average Bonchev–Trinajstić information content (AvgIpc) is 2.92. The maximum atomic E-state index is 6.06. The SMILES string of the molecule is CCC(N)Cc1ccc(Br)cc1SCc1ccco1. The van der Waals surface area contributed by atoms with E-state index in [0.717, 1.165) is 28.8 Å². The Morgan fingerprint density at radius 2 is 2.21 bits per heavy atom. The van der Waals surface area contributed by atoms with Gasteiger partial charge in [-0.2, -0.15) is 0 Å². The molecule has 1 atom stereocenters. The van der Waals surface area contributed by atoms with Crippen LogP contribution in [0.15, 0.2) is 50.4 Å². The van der Waals surface area contributed by atoms with Crippen LogP contribution in [0.1, 0.15) is 24.7 Å². The van der Waals surface area contributed by atoms with Gasteiger partial charge in [-0.15, -0.1) is 11.8 Å². The zero-order chi connectivity index (χ0) is 13.7. The highest BCUT2D eigenvalue weighted by Gasteiger charge is 2.09. The molecule has 2 rings (SSSR count). The molecule has 1 heterocycles. The first-order valence-electron chi connectivity index (χ1n) is 6.38. The van der Waals surface area contributed by atoms with Crippen molar-refractivity contribution in [3.05, 3.63) is 52.4 Å². The predicted octanol–water partition coefficient (Wildman–Crippen LogP) is 4.61. The van der Waals surface area contributed by atoms with E-state index in [9.17, 15) is 0 Å². The summed E-state index contributed by atoms with van der Waals surface area (Å²) in [5.74, 6) is 1.84. The molecule has 0 radical (unpaired) electrons. The van der Waals surface area contributed by atoms with E-state index in [4.69, 9.17) is 10.2 Å². The molecular formula is C15H18BrNOS. The van der Waals surface area contributed by atoms with Crippen LogP contribution in [-0.4, -0.2) is 6.04 Å². The summed E-state index contributed by atoms with van der Waals surface area (Å²) in [6.07, 6.45) is 3.63. The molecule has 0 aliphatic heterocycles. The van der Waals surface area contributed by atoms with E-state index >= 15 is 0 Å². The first kappa shape index (κ1) is 14.7. The molecule has 0 aliphatic carbocycles. The summed E-state index contributed by atoms with van der Waals surface area (Å²) in [4.78, 5) is 1.27. The Balaban J connectivity index is 2.10. The monoisotopic (exact) mass is 339 g/mol. The number of hydrogen-bond donors (Lipinski definition) is 1. The van der Waals surface area contributed by atoms with E-state index in [1.165, 1.54) is 10.5 Å². The van der Waals surface area contributed by atoms with Gasteiger partial charge in [-0.1, -0.05) is 28.9 Å². The van der Waals surface area contributed by atoms with E-state index in [-0.39, 0.29) is 6.04 Å². The number of thioether (sulfide) groups is 1. The molecular weight excluding hydrogens is 322 g/mol. The number of hydrogen-bond acceptors (Lipinski definition) is 3. The second kappa shape index (κ2) is 7.17. The molecule has 1 aromatic heterocycles. The summed E-state index contributed by atoms with van der Waals surface area (Å²) in [5.41, 5.74) is 7.38. The number of nitrogens with two attached hydrogens (primary N) is 1. The van der Waals surface area contributed by atoms with E-state index in [2.05, 4.69) is 41.1 Å². The van der Waals surface area contributed by atoms with E-state index in [1.54, 1.807) is 18.0 Å². The van der Waals surface area contributed by atoms with Crippen molar-refractivity contribution in [3.63, 3.8) is 0 Å². The molecule has 0 saturated heterocycles. The van der Waals surface area contributed by atoms with Crippen molar-refractivity contribution in [1.82, 2.24) is 0 Å². The highest BCUT2D eigenvalue weighted by atomic mass is 79.9. The summed E-state index contributed by atoms with van der Waals surface area (Å²) in [5, 5.41) is 0. The van der Waals surface area contributed by atoms with Gasteiger partial charge in [0.25, 0.3) is 0 Å². The van der Waals surface area contributed by atoms with Gasteiger partial charge in [0.05, 0.1) is 12.0 Å². The van der Waals surface area contributed by atoms with Gasteiger partial charge in [0.15, 0.2) is 0 Å². The van der Waals surface area contributed by atoms with Gasteiger partial charge in [0, 0.05) is 15.4 Å². The lowest BCUT2D eigenvalue weighted by Gasteiger charge is -2.13. The lowest BCUT2D eigenvalue weighted by molar-refractivity contribution is 0.530. The van der Waals surface area contributed by atoms with Crippen LogP contribution in [0.3, 0.4) is 0 Å². The Kier molecular flexibility index (Phi) is 5.55. The molecule has 0 fully saturated rings. The van der Waals surface area contributed by atoms with Gasteiger partial charge in [-0.3, -0.25) is 0 Å². The fourth-order valence-electron chi connectivity index (χ4n) is 1.80. The second-order valence-electron chi connectivity index (χ2n) is 4.49. The van der Waals surface area contributed by atoms with Crippen LogP contribution in [0.4, 0.5) is 0 Å². The van der Waals surface area contributed by atoms with Gasteiger partial charge in [0.2, 0.25) is 0 Å². The average molecular weight is 340 g/mol. The van der Waals surface area contributed by atoms with Crippen molar-refractivity contribution in [2.24, 2.45) is 5.73 Å². The number of furan rings is 1. The Morgan fingerprint density at radius 3 is 2.89 bits per heavy atom. The first-order chi connectivity index (χ1) is 9.19. The van der Waals surface area contributed by atoms with Crippen molar-refractivity contribution in [1.29, 1.82) is 0 Å². The van der Waals surface area contributed by atoms with Crippen molar-refractivity contribution < 1.29 is 4.42 Å². The first-order valence-corrected chi connectivity index (χ1v) is 8.16. The summed E-state index contributed by atoms with van der Waals surface area (Å²) in [6, 6.07) is 10.5. The highest BCUT2D eigenvalue weighted by Crippen LogP contribution is 2.30. The molecule has 0 saturated carbocycles. The molecule has 102 valence electrons. The molecule has 19 heavy (non-hydrogen) atoms. The van der Waals surface area contributed by atoms with Crippen LogP contribution in [0.25, 0.3) is 0 Å². The van der Waals surface area contributed by atoms with E-state index < -0.39 is 0 Å². The summed E-state index contributed by atoms with van der Waals surface area (Å²) < 4.78 is 6.47. The highest BCUT2D eigenvalue weighted by molar-refractivity contribution is 9.10. The number of halogens is 1. The summed E-state index contributed by atoms with van der Waals surface area (Å²) >= 11 is 5.32. The van der Waals surface area contributed by atoms with Gasteiger partial charge in [-0.05, 0) is 42.7 Å². The third kappa shape index (κ3) is 4.41. The van der Waals surface area contributed by atoms with Crippen molar-refractivity contribution >= 4 is 27.7 Å². The van der Waals surface area contributed by atoms with Gasteiger partial charge in [0.1, 0.15) is 5.76 Å². The predicted molar refractivity (Wildman–Crippen MR) is 84.4 cm³/mol. The molecule has 2 nitrogen and oxygen atoms in total. The van der Waals surface area contributed by atoms with E-state index in [0.29, 0.717) is 0 Å². The Morgan fingerprint density at radius 1 is 1.37 bits per heavy atom. The molecule has 1 unspecified atom stereocenters. The van der Waals surface area contributed by atoms with Crippen molar-refractivity contribution in [3.8, 4) is 0 Å². The number of benzene rings is 1. The quantitative estimate of drug-likeness (QED) is 0.780. The molecule has 2 aromatic rings. The standard InChI is InChI=1S/C15H18BrNOS/c1-2-13(17)8-11-5-6-12(16)9-15(11)19-10-14-4-3-7-18-14/h3-7,9,13H,2,8,10,17H2,1H3. The fraction of sp³-hybridized carbons (Fsp3) is 0.333. The molecule has 0 spiro atoms. The van der Waals surface area contributed by atoms with Gasteiger partial charge in [-0.25, -0.2) is 0 Å². The minimum Gasteiger partial charge on any atom is -0.468 e. The Labute approximate surface area is 126 Å². The van der Waals surface area contributed by atoms with E-state index in [1.807, 2.05) is 12.1 Å². The molecule has 2 N–H and O–H groups in total. The lowest BCUT2D eigenvalue weighted by Crippen LogP contribution is -2.21. The minimum absolute atomic E-state index is 0.226. The topological polar surface area (TPSA) is 39.2 Å². The third-order valence-electron chi connectivity index (χ3n) is 2.99. The van der Waals surface area contributed by atoms with Crippen LogP contribution in [0.5, 0.6) is 0 Å². The molecule has 0 amide bonds. The summed E-state index contributed by atoms with van der Waals surface area (Å²) in [7, 11) is 0. The normalized spacial score (nSPS) is 12.6. The summed E-state index contributed by atoms with van der Waals surface area (Å²) in [6.45, 7) is 2.12. The van der Waals surface area contributed by atoms with Crippen molar-refractivity contribution in [2.45, 2.75) is 36.5 Å². The second-order valence-corrected chi connectivity index (χ2v) is 6.43. The minimum atomic E-state index is 0.226. The van der Waals surface area contributed by atoms with Crippen LogP contribution < -0.4 is 5.73 Å². The zero-order valence-corrected chi connectivity index (χ0v) is 13.3. The van der Waals surface area contributed by atoms with Crippen LogP contribution in [-0.2, 0) is 12.2 Å². The molecule has 1 aromatic carbocycles.